The van der Waals surface area contributed by atoms with E-state index in [2.05, 4.69) is 70.9 Å². The van der Waals surface area contributed by atoms with Gasteiger partial charge in [0, 0.05) is 18.8 Å². The average molecular weight is 465 g/mol. The summed E-state index contributed by atoms with van der Waals surface area (Å²) in [7, 11) is 0. The predicted octanol–water partition coefficient (Wildman–Crippen LogP) is 6.66. The van der Waals surface area contributed by atoms with Crippen molar-refractivity contribution in [2.45, 2.75) is 44.9 Å². The number of hydrogen-bond acceptors (Lipinski definition) is 3. The van der Waals surface area contributed by atoms with Gasteiger partial charge in [0.25, 0.3) is 0 Å². The molecule has 3 aromatic rings. The van der Waals surface area contributed by atoms with Crippen LogP contribution in [0.25, 0.3) is 11.1 Å². The number of rotatable bonds is 3. The number of benzene rings is 3. The summed E-state index contributed by atoms with van der Waals surface area (Å²) >= 11 is 0. The van der Waals surface area contributed by atoms with E-state index in [-0.39, 0.29) is 0 Å². The fourth-order valence-corrected chi connectivity index (χ4v) is 6.66. The van der Waals surface area contributed by atoms with E-state index in [0.29, 0.717) is 11.2 Å². The predicted molar refractivity (Wildman–Crippen MR) is 146 cm³/mol. The summed E-state index contributed by atoms with van der Waals surface area (Å²) in [5, 5.41) is 13.7. The van der Waals surface area contributed by atoms with Crippen molar-refractivity contribution in [3.63, 3.8) is 0 Å². The highest BCUT2D eigenvalue weighted by molar-refractivity contribution is 6.00. The van der Waals surface area contributed by atoms with Gasteiger partial charge in [0.05, 0.1) is 0 Å². The molecule has 2 aliphatic heterocycles. The van der Waals surface area contributed by atoms with E-state index in [1.165, 1.54) is 71.3 Å². The van der Waals surface area contributed by atoms with Gasteiger partial charge in [-0.3, -0.25) is 0 Å². The summed E-state index contributed by atoms with van der Waals surface area (Å²) in [6.07, 6.45) is 8.40. The highest BCUT2D eigenvalue weighted by Crippen LogP contribution is 2.42. The quantitative estimate of drug-likeness (QED) is 0.455. The van der Waals surface area contributed by atoms with Gasteiger partial charge in [0.1, 0.15) is 5.75 Å². The molecular weight excluding hydrogens is 428 g/mol. The van der Waals surface area contributed by atoms with E-state index in [4.69, 9.17) is 0 Å². The minimum Gasteiger partial charge on any atom is -0.508 e. The molecule has 2 fully saturated rings. The van der Waals surface area contributed by atoms with Crippen LogP contribution < -0.4 is 10.2 Å². The second-order valence-electron chi connectivity index (χ2n) is 10.7. The van der Waals surface area contributed by atoms with Crippen LogP contribution in [0.15, 0.2) is 72.8 Å². The second kappa shape index (κ2) is 9.54. The lowest BCUT2D eigenvalue weighted by molar-refractivity contribution is 0.167. The molecule has 3 nitrogen and oxygen atoms in total. The molecule has 2 heterocycles. The summed E-state index contributed by atoms with van der Waals surface area (Å²) in [5.41, 5.74) is 9.67. The van der Waals surface area contributed by atoms with Gasteiger partial charge < -0.3 is 15.3 Å². The fraction of sp³-hybridized carbons (Fsp3) is 0.375. The molecule has 0 radical (unpaired) electrons. The molecule has 3 aromatic carbocycles. The summed E-state index contributed by atoms with van der Waals surface area (Å²) in [6, 6.07) is 26.1. The number of aryl methyl sites for hydroxylation is 1. The molecule has 35 heavy (non-hydrogen) atoms. The number of aromatic hydroxyl groups is 1. The van der Waals surface area contributed by atoms with Crippen LogP contribution >= 0.6 is 0 Å². The van der Waals surface area contributed by atoms with E-state index < -0.39 is 0 Å². The Kier molecular flexibility index (Phi) is 6.12. The average Bonchev–Trinajstić information content (AvgIpc) is 3.09. The zero-order chi connectivity index (χ0) is 23.7. The van der Waals surface area contributed by atoms with Crippen LogP contribution in [0.4, 0.5) is 5.69 Å². The van der Waals surface area contributed by atoms with Crippen LogP contribution in [0, 0.1) is 5.41 Å². The highest BCUT2D eigenvalue weighted by Gasteiger charge is 2.36. The number of nitrogens with zero attached hydrogens (tertiary/aromatic N) is 1. The number of hydrogen-bond donors (Lipinski definition) is 2. The molecule has 1 spiro atoms. The van der Waals surface area contributed by atoms with Crippen molar-refractivity contribution in [2.75, 3.05) is 31.1 Å². The Balaban J connectivity index is 1.38. The third-order valence-corrected chi connectivity index (χ3v) is 8.50. The van der Waals surface area contributed by atoms with Crippen molar-refractivity contribution < 1.29 is 5.11 Å². The van der Waals surface area contributed by atoms with E-state index in [1.54, 1.807) is 0 Å². The Labute approximate surface area is 209 Å². The lowest BCUT2D eigenvalue weighted by Gasteiger charge is -2.46. The van der Waals surface area contributed by atoms with Crippen LogP contribution in [0.1, 0.15) is 60.8 Å². The molecule has 0 unspecified atom stereocenters. The number of phenols is 1. The van der Waals surface area contributed by atoms with Gasteiger partial charge in [-0.1, -0.05) is 48.5 Å². The largest absolute Gasteiger partial charge is 0.508 e. The van der Waals surface area contributed by atoms with E-state index in [9.17, 15) is 5.11 Å². The van der Waals surface area contributed by atoms with Gasteiger partial charge in [-0.2, -0.15) is 0 Å². The topological polar surface area (TPSA) is 35.5 Å². The third-order valence-electron chi connectivity index (χ3n) is 8.50. The molecule has 0 saturated carbocycles. The van der Waals surface area contributed by atoms with Crippen molar-refractivity contribution in [1.29, 1.82) is 0 Å². The SMILES string of the molecule is Oc1ccc2c(c1)CCCC(c1ccccc1)=C2c1ccc(N2CCCC3(CCNCC3)C2)cc1. The first kappa shape index (κ1) is 22.4. The maximum atomic E-state index is 10.2. The number of nitrogens with one attached hydrogen (secondary N) is 1. The molecule has 0 bridgehead atoms. The smallest absolute Gasteiger partial charge is 0.115 e. The molecule has 0 atom stereocenters. The lowest BCUT2D eigenvalue weighted by Crippen LogP contribution is -2.48. The Hall–Kier alpha value is -3.04. The van der Waals surface area contributed by atoms with Crippen molar-refractivity contribution >= 4 is 16.8 Å². The first-order chi connectivity index (χ1) is 17.2. The molecule has 3 aliphatic rings. The number of phenolic OH excluding ortho intramolecular Hbond substituents is 1. The third kappa shape index (κ3) is 4.50. The van der Waals surface area contributed by atoms with Gasteiger partial charge in [-0.05, 0) is 121 Å². The summed E-state index contributed by atoms with van der Waals surface area (Å²) < 4.78 is 0. The van der Waals surface area contributed by atoms with E-state index in [1.807, 2.05) is 12.1 Å². The number of anilines is 1. The van der Waals surface area contributed by atoms with Gasteiger partial charge in [0.15, 0.2) is 0 Å². The molecule has 6 rings (SSSR count). The van der Waals surface area contributed by atoms with Crippen molar-refractivity contribution in [1.82, 2.24) is 5.32 Å². The van der Waals surface area contributed by atoms with Gasteiger partial charge in [-0.25, -0.2) is 0 Å². The number of allylic oxidation sites excluding steroid dienone is 1. The zero-order valence-corrected chi connectivity index (χ0v) is 20.6. The van der Waals surface area contributed by atoms with Gasteiger partial charge in [-0.15, -0.1) is 0 Å². The summed E-state index contributed by atoms with van der Waals surface area (Å²) in [6.45, 7) is 4.68. The zero-order valence-electron chi connectivity index (χ0n) is 20.6. The van der Waals surface area contributed by atoms with Crippen LogP contribution in [-0.2, 0) is 6.42 Å². The Morgan fingerprint density at radius 2 is 1.57 bits per heavy atom. The molecule has 3 heteroatoms. The Bertz CT molecular complexity index is 1200. The van der Waals surface area contributed by atoms with Crippen LogP contribution in [0.5, 0.6) is 5.75 Å². The Morgan fingerprint density at radius 1 is 0.771 bits per heavy atom. The number of fused-ring (bicyclic) bond motifs is 1. The molecule has 0 amide bonds. The normalized spacial score (nSPS) is 19.9. The van der Waals surface area contributed by atoms with Crippen molar-refractivity contribution in [3.05, 3.63) is 95.1 Å². The molecular formula is C32H36N2O. The van der Waals surface area contributed by atoms with E-state index in [0.717, 1.165) is 38.9 Å². The summed E-state index contributed by atoms with van der Waals surface area (Å²) in [5.74, 6) is 0.360. The highest BCUT2D eigenvalue weighted by atomic mass is 16.3. The van der Waals surface area contributed by atoms with E-state index >= 15 is 0 Å². The number of piperidine rings is 2. The molecule has 2 N–H and O–H groups in total. The minimum atomic E-state index is 0.360. The maximum absolute atomic E-state index is 10.2. The fourth-order valence-electron chi connectivity index (χ4n) is 6.66. The first-order valence-electron chi connectivity index (χ1n) is 13.4. The van der Waals surface area contributed by atoms with Crippen LogP contribution in [-0.4, -0.2) is 31.3 Å². The molecule has 2 saturated heterocycles. The monoisotopic (exact) mass is 464 g/mol. The molecule has 1 aliphatic carbocycles. The first-order valence-corrected chi connectivity index (χ1v) is 13.4. The summed E-state index contributed by atoms with van der Waals surface area (Å²) in [4.78, 5) is 2.63. The standard InChI is InChI=1S/C32H36N2O/c35-28-14-15-30-26(22-28)8-4-9-29(24-6-2-1-3-7-24)31(30)25-10-12-27(13-11-25)34-21-5-16-32(23-34)17-19-33-20-18-32/h1-3,6-7,10-15,22,33,35H,4-5,8-9,16-21,23H2. The van der Waals surface area contributed by atoms with Crippen molar-refractivity contribution in [2.24, 2.45) is 5.41 Å². The molecule has 180 valence electrons. The maximum Gasteiger partial charge on any atom is 0.115 e. The minimum absolute atomic E-state index is 0.360. The Morgan fingerprint density at radius 3 is 2.37 bits per heavy atom. The molecule has 0 aromatic heterocycles. The van der Waals surface area contributed by atoms with Crippen LogP contribution in [0.2, 0.25) is 0 Å². The van der Waals surface area contributed by atoms with Crippen molar-refractivity contribution in [3.8, 4) is 5.75 Å². The van der Waals surface area contributed by atoms with Crippen LogP contribution in [0.3, 0.4) is 0 Å². The van der Waals surface area contributed by atoms with Gasteiger partial charge >= 0.3 is 0 Å². The lowest BCUT2D eigenvalue weighted by atomic mass is 9.73. The second-order valence-corrected chi connectivity index (χ2v) is 10.7. The van der Waals surface area contributed by atoms with Gasteiger partial charge in [0.2, 0.25) is 0 Å².